The largest absolute Gasteiger partial charge is 0.329 e. The Bertz CT molecular complexity index is 626. The number of hydrogen-bond donors (Lipinski definition) is 1. The molecule has 0 aliphatic carbocycles. The maximum absolute atomic E-state index is 12.6. The third-order valence-corrected chi connectivity index (χ3v) is 3.53. The summed E-state index contributed by atoms with van der Waals surface area (Å²) in [6.45, 7) is 0.716. The van der Waals surface area contributed by atoms with E-state index in [0.717, 1.165) is 0 Å². The second kappa shape index (κ2) is 8.61. The summed E-state index contributed by atoms with van der Waals surface area (Å²) in [4.78, 5) is 14.2. The lowest BCUT2D eigenvalue weighted by atomic mass is 10.1. The highest BCUT2D eigenvalue weighted by Gasteiger charge is 2.18. The summed E-state index contributed by atoms with van der Waals surface area (Å²) >= 11 is 17.8. The first-order valence-corrected chi connectivity index (χ1v) is 7.38. The van der Waals surface area contributed by atoms with Gasteiger partial charge in [-0.05, 0) is 42.5 Å². The fourth-order valence-electron chi connectivity index (χ4n) is 1.93. The Morgan fingerprint density at radius 2 is 1.50 bits per heavy atom. The molecular weight excluding hydrogens is 366 g/mol. The van der Waals surface area contributed by atoms with Gasteiger partial charge in [0, 0.05) is 39.4 Å². The average Bonchev–Trinajstić information content (AvgIpc) is 2.44. The number of hydrogen-bond acceptors (Lipinski definition) is 2. The van der Waals surface area contributed by atoms with E-state index < -0.39 is 0 Å². The first-order valence-electron chi connectivity index (χ1n) is 6.25. The Balaban J connectivity index is 0.00000242. The molecule has 2 aromatic carbocycles. The highest BCUT2D eigenvalue weighted by molar-refractivity contribution is 6.35. The summed E-state index contributed by atoms with van der Waals surface area (Å²) in [7, 11) is 0. The molecule has 0 bridgehead atoms. The number of nitrogens with zero attached hydrogens (tertiary/aromatic N) is 1. The van der Waals surface area contributed by atoms with Crippen molar-refractivity contribution in [2.45, 2.75) is 0 Å². The van der Waals surface area contributed by atoms with Gasteiger partial charge in [-0.3, -0.25) is 4.79 Å². The van der Waals surface area contributed by atoms with Crippen molar-refractivity contribution in [1.82, 2.24) is 0 Å². The van der Waals surface area contributed by atoms with Gasteiger partial charge in [0.1, 0.15) is 0 Å². The zero-order chi connectivity index (χ0) is 15.4. The number of rotatable bonds is 4. The molecule has 0 aliphatic heterocycles. The van der Waals surface area contributed by atoms with Crippen LogP contribution in [0.2, 0.25) is 15.1 Å². The van der Waals surface area contributed by atoms with Crippen molar-refractivity contribution in [1.29, 1.82) is 0 Å². The molecule has 3 nitrogen and oxygen atoms in total. The van der Waals surface area contributed by atoms with Crippen molar-refractivity contribution in [3.8, 4) is 0 Å². The van der Waals surface area contributed by atoms with Crippen LogP contribution in [0.4, 0.5) is 5.69 Å². The molecule has 0 fully saturated rings. The van der Waals surface area contributed by atoms with E-state index in [4.69, 9.17) is 40.5 Å². The summed E-state index contributed by atoms with van der Waals surface area (Å²) in [5.74, 6) is -0.216. The normalized spacial score (nSPS) is 10.0. The fraction of sp³-hybridized carbons (Fsp3) is 0.133. The predicted molar refractivity (Wildman–Crippen MR) is 95.9 cm³/mol. The molecule has 118 valence electrons. The van der Waals surface area contributed by atoms with Gasteiger partial charge < -0.3 is 10.6 Å². The topological polar surface area (TPSA) is 46.3 Å². The standard InChI is InChI=1S/C15H13Cl3N2O.ClH/c16-11-1-3-14(4-2-11)20(6-5-19)15(21)10-7-12(17)9-13(18)8-10;/h1-4,7-9H,5-6,19H2;1H. The van der Waals surface area contributed by atoms with Crippen LogP contribution in [0.25, 0.3) is 0 Å². The lowest BCUT2D eigenvalue weighted by Gasteiger charge is -2.22. The van der Waals surface area contributed by atoms with Crippen LogP contribution in [0, 0.1) is 0 Å². The van der Waals surface area contributed by atoms with E-state index >= 15 is 0 Å². The van der Waals surface area contributed by atoms with E-state index in [9.17, 15) is 4.79 Å². The third-order valence-electron chi connectivity index (χ3n) is 2.85. The molecule has 0 unspecified atom stereocenters. The van der Waals surface area contributed by atoms with Crippen LogP contribution in [-0.4, -0.2) is 19.0 Å². The summed E-state index contributed by atoms with van der Waals surface area (Å²) < 4.78 is 0. The fourth-order valence-corrected chi connectivity index (χ4v) is 2.58. The lowest BCUT2D eigenvalue weighted by Crippen LogP contribution is -2.35. The Hall–Kier alpha value is -0.970. The minimum Gasteiger partial charge on any atom is -0.329 e. The number of anilines is 1. The van der Waals surface area contributed by atoms with E-state index in [2.05, 4.69) is 0 Å². The number of amides is 1. The number of benzene rings is 2. The zero-order valence-electron chi connectivity index (χ0n) is 11.4. The molecule has 0 aromatic heterocycles. The molecule has 0 heterocycles. The molecule has 0 aliphatic rings. The highest BCUT2D eigenvalue weighted by atomic mass is 35.5. The van der Waals surface area contributed by atoms with Crippen molar-refractivity contribution in [3.05, 3.63) is 63.1 Å². The van der Waals surface area contributed by atoms with Gasteiger partial charge >= 0.3 is 0 Å². The first kappa shape index (κ1) is 19.1. The summed E-state index contributed by atoms with van der Waals surface area (Å²) in [6, 6.07) is 11.7. The Morgan fingerprint density at radius 3 is 2.00 bits per heavy atom. The maximum Gasteiger partial charge on any atom is 0.258 e. The monoisotopic (exact) mass is 378 g/mol. The summed E-state index contributed by atoms with van der Waals surface area (Å²) in [5.41, 5.74) is 6.73. The van der Waals surface area contributed by atoms with Crippen LogP contribution in [0.1, 0.15) is 10.4 Å². The van der Waals surface area contributed by atoms with Crippen LogP contribution in [-0.2, 0) is 0 Å². The molecule has 1 amide bonds. The number of carbonyl (C=O) groups is 1. The van der Waals surface area contributed by atoms with Crippen molar-refractivity contribution in [3.63, 3.8) is 0 Å². The molecule has 0 atom stereocenters. The number of nitrogens with two attached hydrogens (primary N) is 1. The van der Waals surface area contributed by atoms with E-state index in [-0.39, 0.29) is 18.3 Å². The van der Waals surface area contributed by atoms with E-state index in [1.54, 1.807) is 47.4 Å². The smallest absolute Gasteiger partial charge is 0.258 e. The third kappa shape index (κ3) is 4.77. The average molecular weight is 380 g/mol. The van der Waals surface area contributed by atoms with Crippen molar-refractivity contribution < 1.29 is 4.79 Å². The molecule has 22 heavy (non-hydrogen) atoms. The van der Waals surface area contributed by atoms with Crippen LogP contribution in [0.5, 0.6) is 0 Å². The van der Waals surface area contributed by atoms with Gasteiger partial charge in [0.25, 0.3) is 5.91 Å². The Morgan fingerprint density at radius 1 is 0.955 bits per heavy atom. The molecule has 0 spiro atoms. The predicted octanol–water partition coefficient (Wildman–Crippen LogP) is 4.67. The van der Waals surface area contributed by atoms with Gasteiger partial charge in [-0.1, -0.05) is 34.8 Å². The van der Waals surface area contributed by atoms with Crippen LogP contribution in [0.3, 0.4) is 0 Å². The number of halogens is 4. The molecule has 2 rings (SSSR count). The second-order valence-corrected chi connectivity index (χ2v) is 5.69. The van der Waals surface area contributed by atoms with Crippen LogP contribution < -0.4 is 10.6 Å². The lowest BCUT2D eigenvalue weighted by molar-refractivity contribution is 0.0987. The van der Waals surface area contributed by atoms with E-state index in [0.29, 0.717) is 39.4 Å². The Kier molecular flexibility index (Phi) is 7.46. The minimum absolute atomic E-state index is 0. The van der Waals surface area contributed by atoms with Gasteiger partial charge in [-0.25, -0.2) is 0 Å². The molecule has 7 heteroatoms. The van der Waals surface area contributed by atoms with Crippen molar-refractivity contribution >= 4 is 58.8 Å². The first-order chi connectivity index (χ1) is 10.0. The molecule has 2 N–H and O–H groups in total. The van der Waals surface area contributed by atoms with Crippen LogP contribution in [0.15, 0.2) is 42.5 Å². The molecular formula is C15H14Cl4N2O. The molecule has 0 radical (unpaired) electrons. The highest BCUT2D eigenvalue weighted by Crippen LogP contribution is 2.23. The van der Waals surface area contributed by atoms with E-state index in [1.807, 2.05) is 0 Å². The Labute approximate surface area is 150 Å². The second-order valence-electron chi connectivity index (χ2n) is 4.38. The minimum atomic E-state index is -0.216. The summed E-state index contributed by atoms with van der Waals surface area (Å²) in [5, 5.41) is 1.43. The molecule has 0 saturated carbocycles. The van der Waals surface area contributed by atoms with Gasteiger partial charge in [-0.15, -0.1) is 12.4 Å². The number of carbonyl (C=O) groups excluding carboxylic acids is 1. The van der Waals surface area contributed by atoms with Gasteiger partial charge in [0.2, 0.25) is 0 Å². The zero-order valence-corrected chi connectivity index (χ0v) is 14.5. The van der Waals surface area contributed by atoms with Crippen LogP contribution >= 0.6 is 47.2 Å². The SMILES string of the molecule is Cl.NCCN(C(=O)c1cc(Cl)cc(Cl)c1)c1ccc(Cl)cc1. The van der Waals surface area contributed by atoms with Crippen molar-refractivity contribution in [2.75, 3.05) is 18.0 Å². The van der Waals surface area contributed by atoms with Gasteiger partial charge in [0.05, 0.1) is 0 Å². The van der Waals surface area contributed by atoms with Crippen molar-refractivity contribution in [2.24, 2.45) is 5.73 Å². The maximum atomic E-state index is 12.6. The molecule has 0 saturated heterocycles. The van der Waals surface area contributed by atoms with Gasteiger partial charge in [-0.2, -0.15) is 0 Å². The molecule has 2 aromatic rings. The van der Waals surface area contributed by atoms with Gasteiger partial charge in [0.15, 0.2) is 0 Å². The quantitative estimate of drug-likeness (QED) is 0.838. The van der Waals surface area contributed by atoms with E-state index in [1.165, 1.54) is 0 Å². The summed E-state index contributed by atoms with van der Waals surface area (Å²) in [6.07, 6.45) is 0.